The highest BCUT2D eigenvalue weighted by Crippen LogP contribution is 2.38. The van der Waals surface area contributed by atoms with Crippen LogP contribution in [0.3, 0.4) is 0 Å². The molecule has 0 spiro atoms. The van der Waals surface area contributed by atoms with Crippen molar-refractivity contribution in [1.29, 1.82) is 0 Å². The predicted molar refractivity (Wildman–Crippen MR) is 115 cm³/mol. The Bertz CT molecular complexity index is 1160. The first-order valence-corrected chi connectivity index (χ1v) is 11.0. The fourth-order valence-corrected chi connectivity index (χ4v) is 4.27. The number of alkyl halides is 2. The van der Waals surface area contributed by atoms with Crippen molar-refractivity contribution in [3.63, 3.8) is 0 Å². The summed E-state index contributed by atoms with van der Waals surface area (Å²) in [7, 11) is 0. The highest BCUT2D eigenvalue weighted by Gasteiger charge is 2.41. The van der Waals surface area contributed by atoms with Crippen LogP contribution in [0.4, 0.5) is 30.7 Å². The van der Waals surface area contributed by atoms with Gasteiger partial charge in [0, 0.05) is 12.1 Å². The van der Waals surface area contributed by atoms with Crippen LogP contribution in [-0.4, -0.2) is 6.10 Å². The Morgan fingerprint density at radius 3 is 1.83 bits per heavy atom. The van der Waals surface area contributed by atoms with E-state index in [0.717, 1.165) is 12.8 Å². The summed E-state index contributed by atoms with van der Waals surface area (Å²) < 4.78 is 108. The van der Waals surface area contributed by atoms with Crippen LogP contribution in [0.1, 0.15) is 38.2 Å². The van der Waals surface area contributed by atoms with E-state index in [1.54, 1.807) is 24.3 Å². The summed E-state index contributed by atoms with van der Waals surface area (Å²) in [6.45, 7) is 1.99. The van der Waals surface area contributed by atoms with Crippen LogP contribution < -0.4 is 9.47 Å². The van der Waals surface area contributed by atoms with E-state index in [1.165, 1.54) is 12.8 Å². The molecule has 186 valence electrons. The van der Waals surface area contributed by atoms with Gasteiger partial charge in [-0.15, -0.1) is 0 Å². The monoisotopic (exact) mass is 498 g/mol. The minimum absolute atomic E-state index is 0.0165. The lowest BCUT2D eigenvalue weighted by molar-refractivity contribution is -0.189. The van der Waals surface area contributed by atoms with Gasteiger partial charge >= 0.3 is 6.11 Å². The molecule has 1 atom stereocenters. The summed E-state index contributed by atoms with van der Waals surface area (Å²) in [5.41, 5.74) is -1.42. The lowest BCUT2D eigenvalue weighted by Crippen LogP contribution is -2.25. The van der Waals surface area contributed by atoms with Crippen LogP contribution in [-0.2, 0) is 6.11 Å². The molecule has 0 aromatic heterocycles. The van der Waals surface area contributed by atoms with Gasteiger partial charge in [0.1, 0.15) is 28.7 Å². The van der Waals surface area contributed by atoms with Crippen LogP contribution >= 0.6 is 0 Å². The molecule has 35 heavy (non-hydrogen) atoms. The number of hydrogen-bond acceptors (Lipinski definition) is 2. The Balaban J connectivity index is 1.54. The molecule has 0 radical (unpaired) electrons. The van der Waals surface area contributed by atoms with E-state index in [-0.39, 0.29) is 23.8 Å². The normalized spacial score (nSPS) is 15.3. The van der Waals surface area contributed by atoms with Gasteiger partial charge in [0.25, 0.3) is 0 Å². The second-order valence-electron chi connectivity index (χ2n) is 8.53. The summed E-state index contributed by atoms with van der Waals surface area (Å²) in [6, 6.07) is 8.02. The first kappa shape index (κ1) is 24.9. The average molecular weight is 498 g/mol. The smallest absolute Gasteiger partial charge is 0.432 e. The van der Waals surface area contributed by atoms with E-state index in [0.29, 0.717) is 29.4 Å². The van der Waals surface area contributed by atoms with Crippen LogP contribution in [0.2, 0.25) is 0 Å². The zero-order valence-electron chi connectivity index (χ0n) is 18.6. The number of benzene rings is 3. The SMILES string of the molecule is CC(Oc1ccc(-c2cc(F)c(C(F)(F)Oc3cc(F)c(F)c(F)c3)c(F)c2)cc1)C1CCCC1. The van der Waals surface area contributed by atoms with Crippen molar-refractivity contribution in [3.8, 4) is 22.6 Å². The van der Waals surface area contributed by atoms with Gasteiger partial charge in [-0.2, -0.15) is 8.78 Å². The molecule has 0 heterocycles. The maximum absolute atomic E-state index is 14.6. The maximum Gasteiger partial charge on any atom is 0.432 e. The molecule has 2 nitrogen and oxygen atoms in total. The molecule has 3 aromatic rings. The van der Waals surface area contributed by atoms with Crippen molar-refractivity contribution in [1.82, 2.24) is 0 Å². The Morgan fingerprint density at radius 1 is 0.743 bits per heavy atom. The maximum atomic E-state index is 14.6. The average Bonchev–Trinajstić information content (AvgIpc) is 3.32. The molecular weight excluding hydrogens is 477 g/mol. The lowest BCUT2D eigenvalue weighted by Gasteiger charge is -2.21. The summed E-state index contributed by atoms with van der Waals surface area (Å²) in [5.74, 6) is -8.86. The Hall–Kier alpha value is -3.23. The number of rotatable bonds is 7. The largest absolute Gasteiger partial charge is 0.490 e. The standard InChI is InChI=1S/C26H21F7O2/c1-14(15-4-2-3-5-15)34-18-8-6-16(7-9-18)17-10-20(27)24(21(28)11-17)26(32,33)35-19-12-22(29)25(31)23(30)13-19/h6-15H,2-5H2,1H3. The van der Waals surface area contributed by atoms with Crippen LogP contribution in [0.25, 0.3) is 11.1 Å². The van der Waals surface area contributed by atoms with Crippen molar-refractivity contribution < 1.29 is 40.2 Å². The van der Waals surface area contributed by atoms with Gasteiger partial charge in [-0.3, -0.25) is 0 Å². The van der Waals surface area contributed by atoms with Crippen LogP contribution in [0.15, 0.2) is 48.5 Å². The molecule has 0 saturated heterocycles. The third-order valence-electron chi connectivity index (χ3n) is 6.11. The van der Waals surface area contributed by atoms with Crippen molar-refractivity contribution in [2.45, 2.75) is 44.8 Å². The molecule has 0 N–H and O–H groups in total. The second-order valence-corrected chi connectivity index (χ2v) is 8.53. The highest BCUT2D eigenvalue weighted by atomic mass is 19.3. The zero-order valence-corrected chi connectivity index (χ0v) is 18.6. The van der Waals surface area contributed by atoms with Gasteiger partial charge in [0.2, 0.25) is 0 Å². The van der Waals surface area contributed by atoms with Crippen molar-refractivity contribution in [2.75, 3.05) is 0 Å². The first-order valence-electron chi connectivity index (χ1n) is 11.0. The molecule has 9 heteroatoms. The fraction of sp³-hybridized carbons (Fsp3) is 0.308. The van der Waals surface area contributed by atoms with Crippen LogP contribution in [0.5, 0.6) is 11.5 Å². The number of ether oxygens (including phenoxy) is 2. The molecule has 3 aromatic carbocycles. The van der Waals surface area contributed by atoms with E-state index in [4.69, 9.17) is 4.74 Å². The minimum atomic E-state index is -4.64. The molecule has 0 amide bonds. The van der Waals surface area contributed by atoms with Gasteiger partial charge in [0.05, 0.1) is 6.10 Å². The quantitative estimate of drug-likeness (QED) is 0.242. The summed E-state index contributed by atoms with van der Waals surface area (Å²) in [4.78, 5) is 0. The highest BCUT2D eigenvalue weighted by molar-refractivity contribution is 5.65. The summed E-state index contributed by atoms with van der Waals surface area (Å²) in [5, 5.41) is 0. The van der Waals surface area contributed by atoms with Gasteiger partial charge in [0.15, 0.2) is 17.5 Å². The molecule has 0 bridgehead atoms. The van der Waals surface area contributed by atoms with E-state index in [9.17, 15) is 30.7 Å². The lowest BCUT2D eigenvalue weighted by atomic mass is 10.0. The van der Waals surface area contributed by atoms with Crippen molar-refractivity contribution >= 4 is 0 Å². The van der Waals surface area contributed by atoms with E-state index < -0.39 is 46.5 Å². The molecule has 1 unspecified atom stereocenters. The third-order valence-corrected chi connectivity index (χ3v) is 6.11. The zero-order chi connectivity index (χ0) is 25.3. The fourth-order valence-electron chi connectivity index (χ4n) is 4.27. The number of hydrogen-bond donors (Lipinski definition) is 0. The molecule has 0 aliphatic heterocycles. The van der Waals surface area contributed by atoms with Crippen LogP contribution in [0, 0.1) is 35.0 Å². The summed E-state index contributed by atoms with van der Waals surface area (Å²) >= 11 is 0. The molecule has 1 aliphatic carbocycles. The summed E-state index contributed by atoms with van der Waals surface area (Å²) in [6.07, 6.45) is -0.0778. The molecule has 4 rings (SSSR count). The molecule has 1 aliphatic rings. The van der Waals surface area contributed by atoms with E-state index in [2.05, 4.69) is 4.74 Å². The van der Waals surface area contributed by atoms with E-state index in [1.807, 2.05) is 6.92 Å². The topological polar surface area (TPSA) is 18.5 Å². The molecular formula is C26H21F7O2. The van der Waals surface area contributed by atoms with Gasteiger partial charge < -0.3 is 9.47 Å². The van der Waals surface area contributed by atoms with Gasteiger partial charge in [-0.25, -0.2) is 22.0 Å². The second kappa shape index (κ2) is 9.79. The van der Waals surface area contributed by atoms with Crippen molar-refractivity contribution in [2.24, 2.45) is 5.92 Å². The first-order chi connectivity index (χ1) is 16.5. The Kier molecular flexibility index (Phi) is 6.96. The third kappa shape index (κ3) is 5.39. The van der Waals surface area contributed by atoms with E-state index >= 15 is 0 Å². The van der Waals surface area contributed by atoms with Gasteiger partial charge in [-0.1, -0.05) is 25.0 Å². The molecule has 1 fully saturated rings. The predicted octanol–water partition coefficient (Wildman–Crippen LogP) is 8.13. The molecule has 1 saturated carbocycles. The Morgan fingerprint density at radius 2 is 1.29 bits per heavy atom. The van der Waals surface area contributed by atoms with Crippen molar-refractivity contribution in [3.05, 3.63) is 83.2 Å². The number of halogens is 7. The Labute approximate surface area is 197 Å². The van der Waals surface area contributed by atoms with Gasteiger partial charge in [-0.05, 0) is 61.1 Å². The minimum Gasteiger partial charge on any atom is -0.490 e.